The Morgan fingerprint density at radius 1 is 0.556 bits per heavy atom. The topological polar surface area (TPSA) is 51.5 Å². The first-order chi connectivity index (χ1) is 22.1. The van der Waals surface area contributed by atoms with Gasteiger partial charge in [-0.25, -0.2) is 4.85 Å². The van der Waals surface area contributed by atoms with Gasteiger partial charge in [0.05, 0.1) is 28.6 Å². The Morgan fingerprint density at radius 3 is 1.51 bits per heavy atom. The third-order valence-corrected chi connectivity index (χ3v) is 8.51. The highest BCUT2D eigenvalue weighted by Gasteiger charge is 2.15. The Kier molecular flexibility index (Phi) is 6.07. The molecule has 0 fully saturated rings. The van der Waals surface area contributed by atoms with Crippen LogP contribution >= 0.6 is 0 Å². The first-order valence-electron chi connectivity index (χ1n) is 14.7. The van der Waals surface area contributed by atoms with Crippen molar-refractivity contribution in [2.24, 2.45) is 0 Å². The van der Waals surface area contributed by atoms with E-state index in [2.05, 4.69) is 123 Å². The van der Waals surface area contributed by atoms with Crippen LogP contribution in [0.25, 0.3) is 77.0 Å². The molecule has 1 N–H and O–H groups in total. The van der Waals surface area contributed by atoms with Crippen LogP contribution in [-0.2, 0) is 4.79 Å². The van der Waals surface area contributed by atoms with Gasteiger partial charge in [0.2, 0.25) is 0 Å². The minimum Gasteiger partial charge on any atom is -0.486 e. The highest BCUT2D eigenvalue weighted by Crippen LogP contribution is 2.36. The fourth-order valence-electron chi connectivity index (χ4n) is 6.45. The van der Waals surface area contributed by atoms with Gasteiger partial charge in [-0.1, -0.05) is 84.9 Å². The van der Waals surface area contributed by atoms with Crippen LogP contribution in [0.2, 0.25) is 0 Å². The van der Waals surface area contributed by atoms with Crippen molar-refractivity contribution in [3.8, 4) is 22.5 Å². The molecule has 2 heterocycles. The lowest BCUT2D eigenvalue weighted by Gasteiger charge is -2.10. The molecule has 0 aliphatic carbocycles. The van der Waals surface area contributed by atoms with E-state index in [9.17, 15) is 9.90 Å². The SMILES string of the molecule is [C-]#[N+]/C(=C\c1ccc(-n2c3ccccc3c3cc(-c4ccc(-n5c6ccccc6c6ccccc65)cc4)ccc32)cc1)C(=O)O. The van der Waals surface area contributed by atoms with Crippen LogP contribution < -0.4 is 0 Å². The third-order valence-electron chi connectivity index (χ3n) is 8.51. The number of aliphatic carboxylic acids is 1. The van der Waals surface area contributed by atoms with E-state index in [0.717, 1.165) is 44.3 Å². The average Bonchev–Trinajstić information content (AvgIpc) is 3.60. The van der Waals surface area contributed by atoms with Gasteiger partial charge in [-0.15, -0.1) is 0 Å². The van der Waals surface area contributed by atoms with Crippen LogP contribution in [0.1, 0.15) is 5.56 Å². The molecule has 212 valence electrons. The Bertz CT molecular complexity index is 2450. The molecule has 8 aromatic rings. The van der Waals surface area contributed by atoms with E-state index in [1.54, 1.807) is 0 Å². The fraction of sp³-hybridized carbons (Fsp3) is 0. The first-order valence-corrected chi connectivity index (χ1v) is 14.7. The standard InChI is InChI=1S/C40H25N3O2/c1-41-35(40(44)45)24-26-14-19-29(20-15-26)43-38-13-7-4-10-33(38)34-25-28(18-23-39(34)43)27-16-21-30(22-17-27)42-36-11-5-2-8-31(36)32-9-3-6-12-37(32)42/h2-25H,(H,44,45)/b35-24-. The quantitative estimate of drug-likeness (QED) is 0.163. The number of fused-ring (bicyclic) bond motifs is 6. The molecule has 0 radical (unpaired) electrons. The van der Waals surface area contributed by atoms with Crippen LogP contribution in [0.3, 0.4) is 0 Å². The molecule has 0 unspecified atom stereocenters. The molecule has 0 atom stereocenters. The molecule has 6 aromatic carbocycles. The molecule has 5 nitrogen and oxygen atoms in total. The highest BCUT2D eigenvalue weighted by molar-refractivity contribution is 6.11. The van der Waals surface area contributed by atoms with Crippen LogP contribution in [-0.4, -0.2) is 20.2 Å². The molecule has 0 amide bonds. The second-order valence-electron chi connectivity index (χ2n) is 11.0. The van der Waals surface area contributed by atoms with Gasteiger partial charge in [0, 0.05) is 32.9 Å². The summed E-state index contributed by atoms with van der Waals surface area (Å²) >= 11 is 0. The number of benzene rings is 6. The molecule has 2 aromatic heterocycles. The number of rotatable bonds is 5. The Morgan fingerprint density at radius 2 is 1.00 bits per heavy atom. The van der Waals surface area contributed by atoms with E-state index < -0.39 is 5.97 Å². The van der Waals surface area contributed by atoms with Crippen LogP contribution in [0, 0.1) is 6.57 Å². The van der Waals surface area contributed by atoms with Gasteiger partial charge >= 0.3 is 5.97 Å². The largest absolute Gasteiger partial charge is 0.486 e. The fourth-order valence-corrected chi connectivity index (χ4v) is 6.45. The summed E-state index contributed by atoms with van der Waals surface area (Å²) in [6.45, 7) is 7.13. The van der Waals surface area contributed by atoms with Crippen LogP contribution in [0.15, 0.2) is 145 Å². The summed E-state index contributed by atoms with van der Waals surface area (Å²) in [5, 5.41) is 14.0. The van der Waals surface area contributed by atoms with Gasteiger partial charge in [0.15, 0.2) is 0 Å². The summed E-state index contributed by atoms with van der Waals surface area (Å²) in [6.07, 6.45) is 1.39. The summed E-state index contributed by atoms with van der Waals surface area (Å²) in [5.74, 6) is -1.23. The van der Waals surface area contributed by atoms with Gasteiger partial charge in [-0.3, -0.25) is 4.79 Å². The molecule has 45 heavy (non-hydrogen) atoms. The lowest BCUT2D eigenvalue weighted by atomic mass is 10.0. The molecular weight excluding hydrogens is 554 g/mol. The predicted molar refractivity (Wildman–Crippen MR) is 183 cm³/mol. The average molecular weight is 580 g/mol. The summed E-state index contributed by atoms with van der Waals surface area (Å²) in [7, 11) is 0. The number of aromatic nitrogens is 2. The van der Waals surface area contributed by atoms with E-state index >= 15 is 0 Å². The Balaban J connectivity index is 1.21. The van der Waals surface area contributed by atoms with Crippen molar-refractivity contribution in [3.63, 3.8) is 0 Å². The molecule has 0 aliphatic heterocycles. The van der Waals surface area contributed by atoms with Gasteiger partial charge < -0.3 is 14.2 Å². The summed E-state index contributed by atoms with van der Waals surface area (Å²) in [4.78, 5) is 14.4. The van der Waals surface area contributed by atoms with Crippen molar-refractivity contribution in [1.29, 1.82) is 0 Å². The first kappa shape index (κ1) is 26.3. The number of hydrogen-bond acceptors (Lipinski definition) is 1. The van der Waals surface area contributed by atoms with Gasteiger partial charge in [-0.05, 0) is 77.4 Å². The number of hydrogen-bond donors (Lipinski definition) is 1. The molecule has 8 rings (SSSR count). The number of carbonyl (C=O) groups is 1. The molecule has 0 saturated heterocycles. The maximum absolute atomic E-state index is 11.3. The zero-order valence-electron chi connectivity index (χ0n) is 24.1. The van der Waals surface area contributed by atoms with Crippen LogP contribution in [0.5, 0.6) is 0 Å². The number of carboxylic acids is 1. The van der Waals surface area contributed by atoms with Crippen LogP contribution in [0.4, 0.5) is 0 Å². The monoisotopic (exact) mass is 579 g/mol. The summed E-state index contributed by atoms with van der Waals surface area (Å²) < 4.78 is 4.55. The van der Waals surface area contributed by atoms with E-state index in [1.165, 1.54) is 27.9 Å². The number of para-hydroxylation sites is 3. The second kappa shape index (κ2) is 10.4. The lowest BCUT2D eigenvalue weighted by molar-refractivity contribution is -0.132. The maximum atomic E-state index is 11.3. The predicted octanol–water partition coefficient (Wildman–Crippen LogP) is 9.89. The van der Waals surface area contributed by atoms with E-state index in [4.69, 9.17) is 6.57 Å². The normalized spacial score (nSPS) is 11.8. The minimum atomic E-state index is -1.23. The van der Waals surface area contributed by atoms with Gasteiger partial charge in [0.1, 0.15) is 0 Å². The van der Waals surface area contributed by atoms with E-state index in [1.807, 2.05) is 30.3 Å². The number of nitrogens with zero attached hydrogens (tertiary/aromatic N) is 3. The van der Waals surface area contributed by atoms with Crippen molar-refractivity contribution in [2.75, 3.05) is 0 Å². The zero-order valence-corrected chi connectivity index (χ0v) is 24.1. The highest BCUT2D eigenvalue weighted by atomic mass is 16.4. The van der Waals surface area contributed by atoms with Crippen molar-refractivity contribution in [1.82, 2.24) is 9.13 Å². The third kappa shape index (κ3) is 4.28. The van der Waals surface area contributed by atoms with Crippen molar-refractivity contribution >= 4 is 55.7 Å². The lowest BCUT2D eigenvalue weighted by Crippen LogP contribution is -1.96. The molecule has 0 saturated carbocycles. The molecule has 0 aliphatic rings. The number of carboxylic acid groups (broad SMARTS) is 1. The molecule has 0 bridgehead atoms. The second-order valence-corrected chi connectivity index (χ2v) is 11.0. The Labute approximate surface area is 258 Å². The van der Waals surface area contributed by atoms with Gasteiger partial charge in [-0.2, -0.15) is 0 Å². The zero-order chi connectivity index (χ0) is 30.5. The molecule has 0 spiro atoms. The van der Waals surface area contributed by atoms with Crippen molar-refractivity contribution in [2.45, 2.75) is 0 Å². The van der Waals surface area contributed by atoms with Crippen molar-refractivity contribution in [3.05, 3.63) is 162 Å². The molecular formula is C40H25N3O2. The Hall–Kier alpha value is -6.38. The van der Waals surface area contributed by atoms with Gasteiger partial charge in [0.25, 0.3) is 5.70 Å². The summed E-state index contributed by atoms with van der Waals surface area (Å²) in [6, 6.07) is 48.4. The maximum Gasteiger partial charge on any atom is 0.333 e. The smallest absolute Gasteiger partial charge is 0.333 e. The van der Waals surface area contributed by atoms with Crippen molar-refractivity contribution < 1.29 is 9.90 Å². The van der Waals surface area contributed by atoms with E-state index in [-0.39, 0.29) is 5.70 Å². The minimum absolute atomic E-state index is 0.310. The summed E-state index contributed by atoms with van der Waals surface area (Å²) in [5.41, 5.74) is 9.27. The molecule has 5 heteroatoms. The van der Waals surface area contributed by atoms with E-state index in [0.29, 0.717) is 5.56 Å².